The van der Waals surface area contributed by atoms with Crippen LogP contribution >= 0.6 is 34.7 Å². The second-order valence-corrected chi connectivity index (χ2v) is 10.9. The van der Waals surface area contributed by atoms with Gasteiger partial charge in [-0.25, -0.2) is 4.98 Å². The SMILES string of the molecule is Cc1ccccc1-n1c(SC(C)C(=O)N2CCc3sccc3C2)nc2cc(Cl)ccc2c1=O. The summed E-state index contributed by atoms with van der Waals surface area (Å²) in [5, 5.41) is 3.18. The van der Waals surface area contributed by atoms with Gasteiger partial charge in [0.2, 0.25) is 5.91 Å². The third-order valence-electron chi connectivity index (χ3n) is 5.91. The highest BCUT2D eigenvalue weighted by Crippen LogP contribution is 2.30. The molecule has 2 aromatic carbocycles. The minimum Gasteiger partial charge on any atom is -0.337 e. The van der Waals surface area contributed by atoms with Crippen molar-refractivity contribution in [2.24, 2.45) is 0 Å². The largest absolute Gasteiger partial charge is 0.337 e. The maximum absolute atomic E-state index is 13.5. The molecule has 5 rings (SSSR count). The van der Waals surface area contributed by atoms with Crippen molar-refractivity contribution in [2.45, 2.75) is 37.2 Å². The Morgan fingerprint density at radius 2 is 2.03 bits per heavy atom. The first kappa shape index (κ1) is 22.2. The molecular formula is C25H22ClN3O2S2. The van der Waals surface area contributed by atoms with E-state index in [0.29, 0.717) is 34.2 Å². The lowest BCUT2D eigenvalue weighted by Gasteiger charge is -2.29. The first-order chi connectivity index (χ1) is 15.9. The van der Waals surface area contributed by atoms with Crippen molar-refractivity contribution in [3.05, 3.63) is 85.3 Å². The van der Waals surface area contributed by atoms with Gasteiger partial charge in [-0.2, -0.15) is 0 Å². The molecular weight excluding hydrogens is 474 g/mol. The molecule has 5 nitrogen and oxygen atoms in total. The van der Waals surface area contributed by atoms with Crippen molar-refractivity contribution in [3.63, 3.8) is 0 Å². The second kappa shape index (κ2) is 8.97. The minimum atomic E-state index is -0.399. The standard InChI is InChI=1S/C25H22ClN3O2S2/c1-15-5-3-4-6-21(15)29-24(31)19-8-7-18(26)13-20(19)27-25(29)33-16(2)23(30)28-11-9-22-17(14-28)10-12-32-22/h3-8,10,12-13,16H,9,11,14H2,1-2H3. The van der Waals surface area contributed by atoms with E-state index >= 15 is 0 Å². The molecule has 1 atom stereocenters. The summed E-state index contributed by atoms with van der Waals surface area (Å²) in [5.74, 6) is 0.0497. The third-order valence-corrected chi connectivity index (χ3v) is 8.20. The summed E-state index contributed by atoms with van der Waals surface area (Å²) >= 11 is 9.25. The fourth-order valence-corrected chi connectivity index (χ4v) is 6.21. The maximum Gasteiger partial charge on any atom is 0.266 e. The monoisotopic (exact) mass is 495 g/mol. The van der Waals surface area contributed by atoms with E-state index in [0.717, 1.165) is 17.7 Å². The molecule has 4 aromatic rings. The highest BCUT2D eigenvalue weighted by Gasteiger charge is 2.27. The number of benzene rings is 2. The summed E-state index contributed by atoms with van der Waals surface area (Å²) < 4.78 is 1.62. The number of halogens is 1. The summed E-state index contributed by atoms with van der Waals surface area (Å²) in [6.45, 7) is 5.19. The predicted molar refractivity (Wildman–Crippen MR) is 136 cm³/mol. The molecule has 168 valence electrons. The molecule has 0 N–H and O–H groups in total. The predicted octanol–water partition coefficient (Wildman–Crippen LogP) is 5.47. The van der Waals surface area contributed by atoms with Gasteiger partial charge in [0.05, 0.1) is 21.8 Å². The van der Waals surface area contributed by atoms with Crippen molar-refractivity contribution in [3.8, 4) is 5.69 Å². The lowest BCUT2D eigenvalue weighted by Crippen LogP contribution is -2.40. The van der Waals surface area contributed by atoms with E-state index in [1.807, 2.05) is 43.0 Å². The van der Waals surface area contributed by atoms with Gasteiger partial charge in [-0.1, -0.05) is 41.6 Å². The Kier molecular flexibility index (Phi) is 6.03. The van der Waals surface area contributed by atoms with Crippen molar-refractivity contribution >= 4 is 51.5 Å². The number of thiophene rings is 1. The number of hydrogen-bond acceptors (Lipinski definition) is 5. The molecule has 0 bridgehead atoms. The van der Waals surface area contributed by atoms with Gasteiger partial charge in [-0.3, -0.25) is 14.2 Å². The van der Waals surface area contributed by atoms with Gasteiger partial charge < -0.3 is 4.90 Å². The quantitative estimate of drug-likeness (QED) is 0.278. The van der Waals surface area contributed by atoms with Crippen molar-refractivity contribution in [1.29, 1.82) is 0 Å². The molecule has 1 amide bonds. The van der Waals surface area contributed by atoms with Gasteiger partial charge in [0.15, 0.2) is 5.16 Å². The lowest BCUT2D eigenvalue weighted by molar-refractivity contribution is -0.131. The van der Waals surface area contributed by atoms with Crippen LogP contribution in [0.1, 0.15) is 22.9 Å². The molecule has 0 saturated carbocycles. The van der Waals surface area contributed by atoms with Crippen molar-refractivity contribution < 1.29 is 4.79 Å². The summed E-state index contributed by atoms with van der Waals surface area (Å²) in [5.41, 5.74) is 3.30. The van der Waals surface area contributed by atoms with Crippen molar-refractivity contribution in [2.75, 3.05) is 6.54 Å². The molecule has 33 heavy (non-hydrogen) atoms. The Morgan fingerprint density at radius 1 is 1.21 bits per heavy atom. The van der Waals surface area contributed by atoms with Crippen LogP contribution in [0.25, 0.3) is 16.6 Å². The average Bonchev–Trinajstić information content (AvgIpc) is 3.27. The van der Waals surface area contributed by atoms with Gasteiger partial charge in [0.25, 0.3) is 5.56 Å². The number of rotatable bonds is 4. The third kappa shape index (κ3) is 4.21. The fraction of sp³-hybridized carbons (Fsp3) is 0.240. The molecule has 1 aliphatic rings. The number of hydrogen-bond donors (Lipinski definition) is 0. The molecule has 0 spiro atoms. The first-order valence-corrected chi connectivity index (χ1v) is 12.8. The van der Waals surface area contributed by atoms with E-state index < -0.39 is 5.25 Å². The van der Waals surface area contributed by atoms with Crippen molar-refractivity contribution in [1.82, 2.24) is 14.5 Å². The Bertz CT molecular complexity index is 1430. The van der Waals surface area contributed by atoms with Crippen LogP contribution in [0.3, 0.4) is 0 Å². The molecule has 2 aromatic heterocycles. The Balaban J connectivity index is 1.54. The van der Waals surface area contributed by atoms with Crippen LogP contribution in [0, 0.1) is 6.92 Å². The van der Waals surface area contributed by atoms with E-state index in [1.54, 1.807) is 34.1 Å². The average molecular weight is 496 g/mol. The number of nitrogens with zero attached hydrogens (tertiary/aromatic N) is 3. The second-order valence-electron chi connectivity index (χ2n) is 8.12. The Labute approximate surface area is 205 Å². The lowest BCUT2D eigenvalue weighted by atomic mass is 10.1. The molecule has 0 aliphatic carbocycles. The van der Waals surface area contributed by atoms with Crippen LogP contribution in [0.4, 0.5) is 0 Å². The minimum absolute atomic E-state index is 0.0497. The summed E-state index contributed by atoms with van der Waals surface area (Å²) in [7, 11) is 0. The van der Waals surface area contributed by atoms with E-state index in [2.05, 4.69) is 11.4 Å². The van der Waals surface area contributed by atoms with E-state index in [-0.39, 0.29) is 11.5 Å². The Hall–Kier alpha value is -2.61. The number of fused-ring (bicyclic) bond motifs is 2. The highest BCUT2D eigenvalue weighted by molar-refractivity contribution is 8.00. The highest BCUT2D eigenvalue weighted by atomic mass is 35.5. The molecule has 0 fully saturated rings. The number of para-hydroxylation sites is 1. The zero-order valence-electron chi connectivity index (χ0n) is 18.2. The molecule has 8 heteroatoms. The molecule has 3 heterocycles. The van der Waals surface area contributed by atoms with Crippen LogP contribution in [-0.4, -0.2) is 32.2 Å². The smallest absolute Gasteiger partial charge is 0.266 e. The van der Waals surface area contributed by atoms with Gasteiger partial charge in [0, 0.05) is 23.0 Å². The number of thioether (sulfide) groups is 1. The zero-order valence-corrected chi connectivity index (χ0v) is 20.6. The summed E-state index contributed by atoms with van der Waals surface area (Å²) in [6, 6.07) is 14.9. The van der Waals surface area contributed by atoms with Gasteiger partial charge in [-0.05, 0) is 67.1 Å². The number of carbonyl (C=O) groups is 1. The number of amides is 1. The topological polar surface area (TPSA) is 55.2 Å². The first-order valence-electron chi connectivity index (χ1n) is 10.7. The molecule has 1 aliphatic heterocycles. The number of aromatic nitrogens is 2. The molecule has 0 saturated heterocycles. The van der Waals surface area contributed by atoms with Gasteiger partial charge >= 0.3 is 0 Å². The van der Waals surface area contributed by atoms with E-state index in [1.165, 1.54) is 22.2 Å². The molecule has 1 unspecified atom stereocenters. The maximum atomic E-state index is 13.5. The summed E-state index contributed by atoms with van der Waals surface area (Å²) in [6.07, 6.45) is 0.886. The normalized spacial score (nSPS) is 14.3. The van der Waals surface area contributed by atoms with Crippen LogP contribution in [0.2, 0.25) is 5.02 Å². The zero-order chi connectivity index (χ0) is 23.1. The Morgan fingerprint density at radius 3 is 2.85 bits per heavy atom. The van der Waals surface area contributed by atoms with Gasteiger partial charge in [-0.15, -0.1) is 11.3 Å². The van der Waals surface area contributed by atoms with Crippen LogP contribution in [0.15, 0.2) is 63.9 Å². The van der Waals surface area contributed by atoms with Crippen LogP contribution in [-0.2, 0) is 17.8 Å². The van der Waals surface area contributed by atoms with E-state index in [9.17, 15) is 9.59 Å². The van der Waals surface area contributed by atoms with Crippen LogP contribution in [0.5, 0.6) is 0 Å². The van der Waals surface area contributed by atoms with E-state index in [4.69, 9.17) is 16.6 Å². The fourth-order valence-electron chi connectivity index (χ4n) is 4.15. The molecule has 0 radical (unpaired) electrons. The number of carbonyl (C=O) groups excluding carboxylic acids is 1. The van der Waals surface area contributed by atoms with Crippen LogP contribution < -0.4 is 5.56 Å². The van der Waals surface area contributed by atoms with Gasteiger partial charge in [0.1, 0.15) is 0 Å². The summed E-state index contributed by atoms with van der Waals surface area (Å²) in [4.78, 5) is 34.9. The number of aryl methyl sites for hydroxylation is 1.